The van der Waals surface area contributed by atoms with Gasteiger partial charge in [0.05, 0.1) is 7.11 Å². The van der Waals surface area contributed by atoms with Gasteiger partial charge < -0.3 is 19.7 Å². The van der Waals surface area contributed by atoms with Crippen LogP contribution in [-0.2, 0) is 0 Å². The van der Waals surface area contributed by atoms with Gasteiger partial charge in [-0.1, -0.05) is 0 Å². The van der Waals surface area contributed by atoms with Crippen LogP contribution in [0.15, 0.2) is 24.3 Å². The summed E-state index contributed by atoms with van der Waals surface area (Å²) in [5.41, 5.74) is 0. The van der Waals surface area contributed by atoms with E-state index in [2.05, 4.69) is 24.3 Å². The molecule has 0 aliphatic rings. The Balaban J connectivity index is 2.03. The number of ether oxygens (including phenoxy) is 2. The van der Waals surface area contributed by atoms with E-state index in [-0.39, 0.29) is 0 Å². The monoisotopic (exact) mass is 252 g/mol. The Bertz CT molecular complexity index is 312. The van der Waals surface area contributed by atoms with E-state index in [4.69, 9.17) is 9.47 Å². The minimum absolute atomic E-state index is 0.689. The Morgan fingerprint density at radius 2 is 1.72 bits per heavy atom. The van der Waals surface area contributed by atoms with E-state index in [1.807, 2.05) is 24.3 Å². The maximum Gasteiger partial charge on any atom is 0.119 e. The molecule has 0 fully saturated rings. The molecule has 0 heterocycles. The average molecular weight is 252 g/mol. The summed E-state index contributed by atoms with van der Waals surface area (Å²) in [4.78, 5) is 2.19. The van der Waals surface area contributed by atoms with Crippen molar-refractivity contribution in [3.63, 3.8) is 0 Å². The van der Waals surface area contributed by atoms with Gasteiger partial charge in [0.2, 0.25) is 0 Å². The lowest BCUT2D eigenvalue weighted by Gasteiger charge is -2.10. The van der Waals surface area contributed by atoms with Crippen molar-refractivity contribution in [3.8, 4) is 11.5 Å². The van der Waals surface area contributed by atoms with Gasteiger partial charge in [-0.15, -0.1) is 0 Å². The predicted molar refractivity (Wildman–Crippen MR) is 74.5 cm³/mol. The first-order valence-electron chi connectivity index (χ1n) is 6.34. The molecule has 102 valence electrons. The molecular formula is C14H24N2O2. The Hall–Kier alpha value is -1.26. The summed E-state index contributed by atoms with van der Waals surface area (Å²) in [7, 11) is 5.84. The van der Waals surface area contributed by atoms with Gasteiger partial charge in [-0.3, -0.25) is 0 Å². The van der Waals surface area contributed by atoms with Gasteiger partial charge >= 0.3 is 0 Å². The van der Waals surface area contributed by atoms with E-state index in [1.165, 1.54) is 0 Å². The Labute approximate surface area is 110 Å². The van der Waals surface area contributed by atoms with Crippen molar-refractivity contribution in [3.05, 3.63) is 24.3 Å². The summed E-state index contributed by atoms with van der Waals surface area (Å²) in [6.45, 7) is 3.71. The highest BCUT2D eigenvalue weighted by Gasteiger charge is 1.95. The molecule has 0 atom stereocenters. The summed E-state index contributed by atoms with van der Waals surface area (Å²) < 4.78 is 10.7. The number of rotatable bonds is 9. The van der Waals surface area contributed by atoms with Crippen molar-refractivity contribution in [2.75, 3.05) is 47.4 Å². The van der Waals surface area contributed by atoms with E-state index < -0.39 is 0 Å². The lowest BCUT2D eigenvalue weighted by molar-refractivity contribution is 0.310. The molecule has 0 saturated heterocycles. The topological polar surface area (TPSA) is 33.7 Å². The molecule has 1 aromatic carbocycles. The Morgan fingerprint density at radius 1 is 1.06 bits per heavy atom. The molecule has 0 radical (unpaired) electrons. The van der Waals surface area contributed by atoms with Crippen LogP contribution in [-0.4, -0.2) is 52.3 Å². The average Bonchev–Trinajstić information content (AvgIpc) is 2.38. The van der Waals surface area contributed by atoms with Crippen molar-refractivity contribution in [2.24, 2.45) is 0 Å². The fourth-order valence-corrected chi connectivity index (χ4v) is 1.56. The molecule has 4 heteroatoms. The fourth-order valence-electron chi connectivity index (χ4n) is 1.56. The van der Waals surface area contributed by atoms with Crippen molar-refractivity contribution < 1.29 is 9.47 Å². The van der Waals surface area contributed by atoms with Crippen LogP contribution in [0, 0.1) is 0 Å². The fraction of sp³-hybridized carbons (Fsp3) is 0.571. The van der Waals surface area contributed by atoms with Crippen molar-refractivity contribution in [2.45, 2.75) is 6.42 Å². The normalized spacial score (nSPS) is 10.7. The standard InChI is InChI=1S/C14H24N2O2/c1-16(2)11-4-9-15-10-12-18-14-7-5-13(17-3)6-8-14/h5-8,15H,4,9-12H2,1-3H3. The third-order valence-electron chi connectivity index (χ3n) is 2.57. The first-order chi connectivity index (χ1) is 8.72. The zero-order valence-corrected chi connectivity index (χ0v) is 11.6. The van der Waals surface area contributed by atoms with Crippen LogP contribution in [0.3, 0.4) is 0 Å². The van der Waals surface area contributed by atoms with Crippen LogP contribution < -0.4 is 14.8 Å². The van der Waals surface area contributed by atoms with Crippen LogP contribution in [0.4, 0.5) is 0 Å². The third-order valence-corrected chi connectivity index (χ3v) is 2.57. The van der Waals surface area contributed by atoms with Gasteiger partial charge in [0, 0.05) is 6.54 Å². The van der Waals surface area contributed by atoms with Crippen LogP contribution in [0.25, 0.3) is 0 Å². The Morgan fingerprint density at radius 3 is 2.33 bits per heavy atom. The first kappa shape index (κ1) is 14.8. The number of methoxy groups -OCH3 is 1. The van der Waals surface area contributed by atoms with E-state index in [0.717, 1.165) is 37.6 Å². The smallest absolute Gasteiger partial charge is 0.119 e. The van der Waals surface area contributed by atoms with Crippen LogP contribution in [0.1, 0.15) is 6.42 Å². The van der Waals surface area contributed by atoms with Crippen LogP contribution in [0.5, 0.6) is 11.5 Å². The summed E-state index contributed by atoms with van der Waals surface area (Å²) in [6, 6.07) is 7.65. The van der Waals surface area contributed by atoms with Gasteiger partial charge in [-0.05, 0) is 57.9 Å². The second kappa shape index (κ2) is 8.78. The summed E-state index contributed by atoms with van der Waals surface area (Å²) in [6.07, 6.45) is 1.16. The van der Waals surface area contributed by atoms with Crippen LogP contribution >= 0.6 is 0 Å². The largest absolute Gasteiger partial charge is 0.497 e. The maximum absolute atomic E-state index is 5.60. The lowest BCUT2D eigenvalue weighted by atomic mass is 10.3. The summed E-state index contributed by atoms with van der Waals surface area (Å²) in [5.74, 6) is 1.73. The highest BCUT2D eigenvalue weighted by atomic mass is 16.5. The third kappa shape index (κ3) is 6.47. The molecular weight excluding hydrogens is 228 g/mol. The van der Waals surface area contributed by atoms with Crippen molar-refractivity contribution >= 4 is 0 Å². The highest BCUT2D eigenvalue weighted by Crippen LogP contribution is 2.16. The predicted octanol–water partition coefficient (Wildman–Crippen LogP) is 1.62. The molecule has 0 unspecified atom stereocenters. The zero-order valence-electron chi connectivity index (χ0n) is 11.6. The van der Waals surface area contributed by atoms with E-state index in [9.17, 15) is 0 Å². The molecule has 0 bridgehead atoms. The molecule has 4 nitrogen and oxygen atoms in total. The second-order valence-electron chi connectivity index (χ2n) is 4.43. The molecule has 0 aliphatic carbocycles. The molecule has 0 aromatic heterocycles. The minimum atomic E-state index is 0.689. The molecule has 0 spiro atoms. The van der Waals surface area contributed by atoms with Gasteiger partial charge in [-0.2, -0.15) is 0 Å². The quantitative estimate of drug-likeness (QED) is 0.677. The maximum atomic E-state index is 5.60. The van der Waals surface area contributed by atoms with Gasteiger partial charge in [0.15, 0.2) is 0 Å². The molecule has 1 rings (SSSR count). The van der Waals surface area contributed by atoms with E-state index in [0.29, 0.717) is 6.61 Å². The SMILES string of the molecule is COc1ccc(OCCNCCCN(C)C)cc1. The number of nitrogens with one attached hydrogen (secondary N) is 1. The zero-order chi connectivity index (χ0) is 13.2. The second-order valence-corrected chi connectivity index (χ2v) is 4.43. The van der Waals surface area contributed by atoms with Crippen molar-refractivity contribution in [1.29, 1.82) is 0 Å². The summed E-state index contributed by atoms with van der Waals surface area (Å²) >= 11 is 0. The van der Waals surface area contributed by atoms with Crippen LogP contribution in [0.2, 0.25) is 0 Å². The minimum Gasteiger partial charge on any atom is -0.497 e. The van der Waals surface area contributed by atoms with Gasteiger partial charge in [-0.25, -0.2) is 0 Å². The molecule has 1 aromatic rings. The molecule has 0 aliphatic heterocycles. The summed E-state index contributed by atoms with van der Waals surface area (Å²) in [5, 5.41) is 3.36. The van der Waals surface area contributed by atoms with Crippen molar-refractivity contribution in [1.82, 2.24) is 10.2 Å². The Kier molecular flexibility index (Phi) is 7.22. The number of hydrogen-bond donors (Lipinski definition) is 1. The molecule has 1 N–H and O–H groups in total. The lowest BCUT2D eigenvalue weighted by Crippen LogP contribution is -2.25. The van der Waals surface area contributed by atoms with Gasteiger partial charge in [0.25, 0.3) is 0 Å². The van der Waals surface area contributed by atoms with E-state index >= 15 is 0 Å². The number of nitrogens with zero attached hydrogens (tertiary/aromatic N) is 1. The number of benzene rings is 1. The molecule has 18 heavy (non-hydrogen) atoms. The highest BCUT2D eigenvalue weighted by molar-refractivity contribution is 5.31. The van der Waals surface area contributed by atoms with E-state index in [1.54, 1.807) is 7.11 Å². The number of hydrogen-bond acceptors (Lipinski definition) is 4. The first-order valence-corrected chi connectivity index (χ1v) is 6.34. The molecule has 0 saturated carbocycles. The molecule has 0 amide bonds. The van der Waals surface area contributed by atoms with Gasteiger partial charge in [0.1, 0.15) is 18.1 Å².